The molecule has 0 amide bonds. The molecule has 0 aliphatic heterocycles. The van der Waals surface area contributed by atoms with Crippen LogP contribution in [0.3, 0.4) is 0 Å². The fraction of sp³-hybridized carbons (Fsp3) is 0.409. The average molecular weight is 435 g/mol. The first kappa shape index (κ1) is 23.7. The minimum Gasteiger partial charge on any atom is -0.398 e. The molecule has 0 bridgehead atoms. The lowest BCUT2D eigenvalue weighted by Crippen LogP contribution is -2.68. The monoisotopic (exact) mass is 434 g/mol. The van der Waals surface area contributed by atoms with Gasteiger partial charge in [0.15, 0.2) is 5.78 Å². The van der Waals surface area contributed by atoms with Crippen molar-refractivity contribution in [2.45, 2.75) is 38.8 Å². The first-order chi connectivity index (χ1) is 13.6. The Morgan fingerprint density at radius 1 is 0.931 bits per heavy atom. The summed E-state index contributed by atoms with van der Waals surface area (Å²) in [7, 11) is -3.75. The van der Waals surface area contributed by atoms with Crippen molar-refractivity contribution in [1.82, 2.24) is 0 Å². The Kier molecular flexibility index (Phi) is 7.77. The van der Waals surface area contributed by atoms with Crippen LogP contribution in [-0.2, 0) is 22.8 Å². The molecule has 2 aromatic carbocycles. The van der Waals surface area contributed by atoms with Crippen molar-refractivity contribution in [1.29, 1.82) is 0 Å². The van der Waals surface area contributed by atoms with Gasteiger partial charge in [0.1, 0.15) is 12.3 Å². The molecule has 0 aliphatic carbocycles. The maximum atomic E-state index is 12.9. The smallest absolute Gasteiger partial charge is 0.337 e. The maximum Gasteiger partial charge on any atom is 0.337 e. The highest BCUT2D eigenvalue weighted by atomic mass is 31.2. The summed E-state index contributed by atoms with van der Waals surface area (Å²) >= 11 is 0. The fourth-order valence-electron chi connectivity index (χ4n) is 3.55. The van der Waals surface area contributed by atoms with E-state index in [1.165, 1.54) is 14.2 Å². The van der Waals surface area contributed by atoms with Crippen molar-refractivity contribution in [2.24, 2.45) is 0 Å². The summed E-state index contributed by atoms with van der Waals surface area (Å²) in [5.74, 6) is -0.301. The molecule has 7 heteroatoms. The summed E-state index contributed by atoms with van der Waals surface area (Å²) in [5.41, 5.74) is 0. The summed E-state index contributed by atoms with van der Waals surface area (Å²) < 4.78 is 29.1. The first-order valence-electron chi connectivity index (χ1n) is 9.62. The predicted molar refractivity (Wildman–Crippen MR) is 120 cm³/mol. The Balaban J connectivity index is 2.54. The van der Waals surface area contributed by atoms with Gasteiger partial charge in [0.25, 0.3) is 8.32 Å². The standard InChI is InChI=1S/C22H31O5PSi/c1-18(21(23)17-28(24,25-5)26-6)27-29(22(2,3)4,19-13-9-7-10-14-19)20-15-11-8-12-16-20/h7-16,18H,17H2,1-6H3/t18-/m0/s1. The lowest BCUT2D eigenvalue weighted by Gasteiger charge is -2.44. The van der Waals surface area contributed by atoms with Crippen LogP contribution < -0.4 is 10.4 Å². The van der Waals surface area contributed by atoms with Crippen molar-refractivity contribution in [3.05, 3.63) is 60.7 Å². The Bertz CT molecular complexity index is 801. The van der Waals surface area contributed by atoms with E-state index in [0.717, 1.165) is 10.4 Å². The predicted octanol–water partition coefficient (Wildman–Crippen LogP) is 4.01. The number of ketones is 1. The van der Waals surface area contributed by atoms with Gasteiger partial charge in [-0.25, -0.2) is 0 Å². The number of hydrogen-bond acceptors (Lipinski definition) is 5. The maximum absolute atomic E-state index is 12.9. The van der Waals surface area contributed by atoms with Crippen molar-refractivity contribution in [2.75, 3.05) is 20.4 Å². The van der Waals surface area contributed by atoms with E-state index in [4.69, 9.17) is 13.5 Å². The van der Waals surface area contributed by atoms with E-state index < -0.39 is 22.0 Å². The van der Waals surface area contributed by atoms with Crippen LogP contribution >= 0.6 is 7.60 Å². The third-order valence-corrected chi connectivity index (χ3v) is 12.1. The molecule has 0 saturated heterocycles. The number of carbonyl (C=O) groups is 1. The highest BCUT2D eigenvalue weighted by molar-refractivity contribution is 7.54. The van der Waals surface area contributed by atoms with Gasteiger partial charge in [-0.1, -0.05) is 81.4 Å². The molecule has 1 atom stereocenters. The van der Waals surface area contributed by atoms with Crippen molar-refractivity contribution >= 4 is 32.1 Å². The summed E-state index contributed by atoms with van der Waals surface area (Å²) in [6.45, 7) is 8.15. The molecular formula is C22H31O5PSi. The molecule has 5 nitrogen and oxygen atoms in total. The molecule has 2 rings (SSSR count). The van der Waals surface area contributed by atoms with E-state index in [-0.39, 0.29) is 17.0 Å². The zero-order valence-corrected chi connectivity index (χ0v) is 19.9. The topological polar surface area (TPSA) is 61.8 Å². The zero-order chi connectivity index (χ0) is 21.7. The van der Waals surface area contributed by atoms with E-state index in [1.807, 2.05) is 36.4 Å². The number of benzene rings is 2. The molecule has 158 valence electrons. The van der Waals surface area contributed by atoms with Gasteiger partial charge in [-0.05, 0) is 22.3 Å². The largest absolute Gasteiger partial charge is 0.398 e. The third-order valence-electron chi connectivity index (χ3n) is 5.13. The zero-order valence-electron chi connectivity index (χ0n) is 18.0. The summed E-state index contributed by atoms with van der Waals surface area (Å²) in [5, 5.41) is 1.91. The van der Waals surface area contributed by atoms with Gasteiger partial charge in [-0.2, -0.15) is 0 Å². The van der Waals surface area contributed by atoms with Crippen LogP contribution in [0.2, 0.25) is 5.04 Å². The molecule has 0 saturated carbocycles. The quantitative estimate of drug-likeness (QED) is 0.441. The second-order valence-electron chi connectivity index (χ2n) is 8.02. The molecular weight excluding hydrogens is 403 g/mol. The van der Waals surface area contributed by atoms with Crippen molar-refractivity contribution in [3.63, 3.8) is 0 Å². The Labute approximate surface area is 175 Å². The van der Waals surface area contributed by atoms with Gasteiger partial charge < -0.3 is 13.5 Å². The summed E-state index contributed by atoms with van der Waals surface area (Å²) in [6, 6.07) is 20.2. The highest BCUT2D eigenvalue weighted by Gasteiger charge is 2.51. The second kappa shape index (κ2) is 9.50. The van der Waals surface area contributed by atoms with Gasteiger partial charge in [0.2, 0.25) is 0 Å². The normalized spacial score (nSPS) is 13.9. The second-order valence-corrected chi connectivity index (χ2v) is 14.5. The highest BCUT2D eigenvalue weighted by Crippen LogP contribution is 2.46. The van der Waals surface area contributed by atoms with Gasteiger partial charge >= 0.3 is 7.60 Å². The summed E-state index contributed by atoms with van der Waals surface area (Å²) in [4.78, 5) is 12.9. The van der Waals surface area contributed by atoms with E-state index in [2.05, 4.69) is 45.0 Å². The molecule has 0 aliphatic rings. The molecule has 0 aromatic heterocycles. The van der Waals surface area contributed by atoms with Crippen molar-refractivity contribution in [3.8, 4) is 0 Å². The van der Waals surface area contributed by atoms with E-state index >= 15 is 0 Å². The van der Waals surface area contributed by atoms with Gasteiger partial charge in [0.05, 0.1) is 0 Å². The van der Waals surface area contributed by atoms with Crippen LogP contribution in [-0.4, -0.2) is 40.6 Å². The van der Waals surface area contributed by atoms with Crippen LogP contribution in [0.25, 0.3) is 0 Å². The van der Waals surface area contributed by atoms with Crippen LogP contribution in [0.1, 0.15) is 27.7 Å². The third kappa shape index (κ3) is 5.14. The van der Waals surface area contributed by atoms with Gasteiger partial charge in [0, 0.05) is 14.2 Å². The molecule has 0 heterocycles. The number of hydrogen-bond donors (Lipinski definition) is 0. The molecule has 29 heavy (non-hydrogen) atoms. The first-order valence-corrected chi connectivity index (χ1v) is 13.3. The Morgan fingerprint density at radius 3 is 1.69 bits per heavy atom. The molecule has 0 radical (unpaired) electrons. The molecule has 2 aromatic rings. The molecule has 0 spiro atoms. The average Bonchev–Trinajstić information content (AvgIpc) is 2.72. The minimum absolute atomic E-state index is 0.254. The number of rotatable bonds is 9. The Morgan fingerprint density at radius 2 is 1.34 bits per heavy atom. The van der Waals surface area contributed by atoms with Gasteiger partial charge in [-0.15, -0.1) is 0 Å². The van der Waals surface area contributed by atoms with Gasteiger partial charge in [-0.3, -0.25) is 9.36 Å². The van der Waals surface area contributed by atoms with Crippen LogP contribution in [0.15, 0.2) is 60.7 Å². The fourth-order valence-corrected chi connectivity index (χ4v) is 9.27. The Hall–Kier alpha value is -1.56. The number of carbonyl (C=O) groups excluding carboxylic acids is 1. The van der Waals surface area contributed by atoms with E-state index in [9.17, 15) is 9.36 Å². The SMILES string of the molecule is COP(=O)(CC(=O)[C@H](C)O[Si](c1ccccc1)(c1ccccc1)C(C)(C)C)OC. The molecule has 0 N–H and O–H groups in total. The van der Waals surface area contributed by atoms with Crippen LogP contribution in [0.4, 0.5) is 0 Å². The van der Waals surface area contributed by atoms with E-state index in [1.54, 1.807) is 6.92 Å². The minimum atomic E-state index is -3.46. The molecule has 0 unspecified atom stereocenters. The van der Waals surface area contributed by atoms with Crippen LogP contribution in [0, 0.1) is 0 Å². The lowest BCUT2D eigenvalue weighted by molar-refractivity contribution is -0.123. The molecule has 0 fully saturated rings. The van der Waals surface area contributed by atoms with Crippen molar-refractivity contribution < 1.29 is 22.8 Å². The van der Waals surface area contributed by atoms with Crippen LogP contribution in [0.5, 0.6) is 0 Å². The lowest BCUT2D eigenvalue weighted by atomic mass is 10.2. The van der Waals surface area contributed by atoms with E-state index in [0.29, 0.717) is 0 Å². The summed E-state index contributed by atoms with van der Waals surface area (Å²) in [6.07, 6.45) is -1.08. The number of Topliss-reactive ketones (excluding diaryl/α,β-unsaturated/α-hetero) is 1.